The van der Waals surface area contributed by atoms with E-state index in [0.717, 1.165) is 5.69 Å². The Morgan fingerprint density at radius 1 is 1.12 bits per heavy atom. The largest absolute Gasteiger partial charge is 0.380 e. The smallest absolute Gasteiger partial charge is 0.175 e. The van der Waals surface area contributed by atoms with Gasteiger partial charge in [0.2, 0.25) is 0 Å². The van der Waals surface area contributed by atoms with Crippen LogP contribution in [0.1, 0.15) is 32.6 Å². The summed E-state index contributed by atoms with van der Waals surface area (Å²) in [4.78, 5) is 0.375. The molecule has 1 saturated carbocycles. The van der Waals surface area contributed by atoms with Crippen LogP contribution < -0.4 is 5.32 Å². The molecule has 0 radical (unpaired) electrons. The summed E-state index contributed by atoms with van der Waals surface area (Å²) in [6.07, 6.45) is 6.13. The number of hydrogen-bond acceptors (Lipinski definition) is 3. The highest BCUT2D eigenvalue weighted by molar-refractivity contribution is 7.90. The van der Waals surface area contributed by atoms with E-state index in [9.17, 15) is 8.42 Å². The molecular weight excluding hydrogens is 234 g/mol. The van der Waals surface area contributed by atoms with Gasteiger partial charge in [0.05, 0.1) is 4.90 Å². The minimum Gasteiger partial charge on any atom is -0.380 e. The number of anilines is 1. The molecule has 0 atom stereocenters. The third-order valence-corrected chi connectivity index (χ3v) is 4.56. The van der Waals surface area contributed by atoms with Crippen LogP contribution in [0.25, 0.3) is 0 Å². The number of rotatable bonds is 3. The molecule has 17 heavy (non-hydrogen) atoms. The quantitative estimate of drug-likeness (QED) is 0.901. The number of nitrogens with one attached hydrogen (secondary N) is 1. The average molecular weight is 253 g/mol. The Morgan fingerprint density at radius 3 is 2.12 bits per heavy atom. The van der Waals surface area contributed by atoms with Crippen molar-refractivity contribution < 1.29 is 8.42 Å². The van der Waals surface area contributed by atoms with Gasteiger partial charge in [-0.1, -0.05) is 12.8 Å². The molecule has 1 aromatic rings. The summed E-state index contributed by atoms with van der Waals surface area (Å²) >= 11 is 0. The second-order valence-corrected chi connectivity index (χ2v) is 7.21. The maximum absolute atomic E-state index is 11.3. The summed E-state index contributed by atoms with van der Waals surface area (Å²) in [6.45, 7) is 2.23. The maximum atomic E-state index is 11.3. The Morgan fingerprint density at radius 2 is 1.65 bits per heavy atom. The highest BCUT2D eigenvalue weighted by Crippen LogP contribution is 2.32. The predicted molar refractivity (Wildman–Crippen MR) is 70.0 cm³/mol. The fourth-order valence-corrected chi connectivity index (χ4v) is 3.04. The predicted octanol–water partition coefficient (Wildman–Crippen LogP) is 2.83. The van der Waals surface area contributed by atoms with E-state index in [-0.39, 0.29) is 5.54 Å². The monoisotopic (exact) mass is 253 g/mol. The summed E-state index contributed by atoms with van der Waals surface area (Å²) in [5.41, 5.74) is 1.17. The zero-order valence-corrected chi connectivity index (χ0v) is 11.2. The molecule has 0 saturated heterocycles. The van der Waals surface area contributed by atoms with E-state index in [1.807, 2.05) is 12.1 Å². The van der Waals surface area contributed by atoms with Crippen molar-refractivity contribution in [2.24, 2.45) is 0 Å². The third kappa shape index (κ3) is 3.00. The van der Waals surface area contributed by atoms with Gasteiger partial charge in [0.25, 0.3) is 0 Å². The van der Waals surface area contributed by atoms with Gasteiger partial charge in [0.1, 0.15) is 0 Å². The van der Waals surface area contributed by atoms with E-state index < -0.39 is 9.84 Å². The average Bonchev–Trinajstić information content (AvgIpc) is 2.64. The first kappa shape index (κ1) is 12.4. The molecule has 0 amide bonds. The second kappa shape index (κ2) is 4.33. The first-order chi connectivity index (χ1) is 7.89. The molecular formula is C13H19NO2S. The molecule has 0 spiro atoms. The zero-order valence-electron chi connectivity index (χ0n) is 10.4. The molecule has 0 unspecified atom stereocenters. The lowest BCUT2D eigenvalue weighted by atomic mass is 10.0. The number of benzene rings is 1. The Labute approximate surface area is 103 Å². The molecule has 0 aliphatic heterocycles. The molecule has 2 rings (SSSR count). The highest BCUT2D eigenvalue weighted by atomic mass is 32.2. The van der Waals surface area contributed by atoms with Gasteiger partial charge in [-0.25, -0.2) is 8.42 Å². The van der Waals surface area contributed by atoms with Gasteiger partial charge < -0.3 is 5.32 Å². The van der Waals surface area contributed by atoms with E-state index >= 15 is 0 Å². The molecule has 1 aliphatic carbocycles. The van der Waals surface area contributed by atoms with E-state index in [4.69, 9.17) is 0 Å². The summed E-state index contributed by atoms with van der Waals surface area (Å²) < 4.78 is 22.7. The standard InChI is InChI=1S/C13H19NO2S/c1-13(9-3-4-10-13)14-11-5-7-12(8-6-11)17(2,15)16/h5-8,14H,3-4,9-10H2,1-2H3. The van der Waals surface area contributed by atoms with Crippen molar-refractivity contribution in [3.8, 4) is 0 Å². The Kier molecular flexibility index (Phi) is 3.17. The van der Waals surface area contributed by atoms with Crippen LogP contribution in [0.5, 0.6) is 0 Å². The second-order valence-electron chi connectivity index (χ2n) is 5.19. The van der Waals surface area contributed by atoms with Crippen molar-refractivity contribution >= 4 is 15.5 Å². The van der Waals surface area contributed by atoms with Crippen molar-refractivity contribution in [1.82, 2.24) is 0 Å². The Balaban J connectivity index is 2.13. The minimum absolute atomic E-state index is 0.173. The van der Waals surface area contributed by atoms with E-state index in [2.05, 4.69) is 12.2 Å². The topological polar surface area (TPSA) is 46.2 Å². The molecule has 3 nitrogen and oxygen atoms in total. The summed E-state index contributed by atoms with van der Waals surface area (Å²) in [7, 11) is -3.09. The molecule has 0 heterocycles. The lowest BCUT2D eigenvalue weighted by Crippen LogP contribution is -2.30. The van der Waals surface area contributed by atoms with Crippen molar-refractivity contribution in [3.63, 3.8) is 0 Å². The van der Waals surface area contributed by atoms with Gasteiger partial charge in [-0.2, -0.15) is 0 Å². The molecule has 1 N–H and O–H groups in total. The van der Waals surface area contributed by atoms with Crippen LogP contribution in [0.4, 0.5) is 5.69 Å². The summed E-state index contributed by atoms with van der Waals surface area (Å²) in [6, 6.07) is 7.02. The lowest BCUT2D eigenvalue weighted by molar-refractivity contribution is 0.533. The zero-order chi connectivity index (χ0) is 12.5. The third-order valence-electron chi connectivity index (χ3n) is 3.44. The van der Waals surface area contributed by atoms with Crippen LogP contribution in [-0.4, -0.2) is 20.2 Å². The number of sulfone groups is 1. The minimum atomic E-state index is -3.09. The van der Waals surface area contributed by atoms with E-state index in [1.165, 1.54) is 31.9 Å². The van der Waals surface area contributed by atoms with Crippen molar-refractivity contribution in [3.05, 3.63) is 24.3 Å². The van der Waals surface area contributed by atoms with Crippen molar-refractivity contribution in [2.75, 3.05) is 11.6 Å². The summed E-state index contributed by atoms with van der Waals surface area (Å²) in [5.74, 6) is 0. The molecule has 0 aromatic heterocycles. The van der Waals surface area contributed by atoms with Crippen LogP contribution in [0.2, 0.25) is 0 Å². The maximum Gasteiger partial charge on any atom is 0.175 e. The SMILES string of the molecule is CC1(Nc2ccc(S(C)(=O)=O)cc2)CCCC1. The van der Waals surface area contributed by atoms with Gasteiger partial charge in [-0.3, -0.25) is 0 Å². The molecule has 94 valence electrons. The normalized spacial score (nSPS) is 19.2. The van der Waals surface area contributed by atoms with Crippen LogP contribution in [0.3, 0.4) is 0 Å². The Bertz CT molecular complexity index is 485. The van der Waals surface area contributed by atoms with Crippen LogP contribution in [0, 0.1) is 0 Å². The fraction of sp³-hybridized carbons (Fsp3) is 0.538. The van der Waals surface area contributed by atoms with Gasteiger partial charge in [0, 0.05) is 17.5 Å². The number of hydrogen-bond donors (Lipinski definition) is 1. The molecule has 4 heteroatoms. The molecule has 1 aliphatic rings. The van der Waals surface area contributed by atoms with Gasteiger partial charge in [0.15, 0.2) is 9.84 Å². The van der Waals surface area contributed by atoms with Crippen LogP contribution in [-0.2, 0) is 9.84 Å². The first-order valence-corrected chi connectivity index (χ1v) is 7.87. The van der Waals surface area contributed by atoms with Gasteiger partial charge >= 0.3 is 0 Å². The Hall–Kier alpha value is -1.03. The van der Waals surface area contributed by atoms with Gasteiger partial charge in [-0.15, -0.1) is 0 Å². The fourth-order valence-electron chi connectivity index (χ4n) is 2.41. The first-order valence-electron chi connectivity index (χ1n) is 5.97. The molecule has 1 aromatic carbocycles. The van der Waals surface area contributed by atoms with Crippen molar-refractivity contribution in [1.29, 1.82) is 0 Å². The van der Waals surface area contributed by atoms with E-state index in [0.29, 0.717) is 4.90 Å². The molecule has 1 fully saturated rings. The van der Waals surface area contributed by atoms with Gasteiger partial charge in [-0.05, 0) is 44.0 Å². The van der Waals surface area contributed by atoms with Crippen LogP contribution in [0.15, 0.2) is 29.2 Å². The van der Waals surface area contributed by atoms with Crippen LogP contribution >= 0.6 is 0 Å². The van der Waals surface area contributed by atoms with Crippen molar-refractivity contribution in [2.45, 2.75) is 43.0 Å². The highest BCUT2D eigenvalue weighted by Gasteiger charge is 2.28. The lowest BCUT2D eigenvalue weighted by Gasteiger charge is -2.26. The molecule has 0 bridgehead atoms. The van der Waals surface area contributed by atoms with E-state index in [1.54, 1.807) is 12.1 Å². The summed E-state index contributed by atoms with van der Waals surface area (Å²) in [5, 5.41) is 3.50.